The molecule has 32 heavy (non-hydrogen) atoms. The molecule has 3 rings (SSSR count). The summed E-state index contributed by atoms with van der Waals surface area (Å²) in [6.45, 7) is 6.86. The van der Waals surface area contributed by atoms with Crippen LogP contribution in [0.3, 0.4) is 0 Å². The fourth-order valence-corrected chi connectivity index (χ4v) is 4.09. The number of nitrogens with one attached hydrogen (secondary N) is 2. The second-order valence-electron chi connectivity index (χ2n) is 9.42. The van der Waals surface area contributed by atoms with Gasteiger partial charge < -0.3 is 15.4 Å². The first-order valence-electron chi connectivity index (χ1n) is 11.2. The molecule has 1 aromatic carbocycles. The molecule has 1 fully saturated rings. The molecule has 0 saturated heterocycles. The highest BCUT2D eigenvalue weighted by Crippen LogP contribution is 2.28. The van der Waals surface area contributed by atoms with Crippen LogP contribution in [-0.4, -0.2) is 35.7 Å². The number of rotatable bonds is 6. The van der Waals surface area contributed by atoms with Crippen molar-refractivity contribution in [3.05, 3.63) is 53.2 Å². The molecule has 172 valence electrons. The predicted octanol–water partition coefficient (Wildman–Crippen LogP) is 5.46. The molecule has 6 nitrogen and oxygen atoms in total. The average Bonchev–Trinajstić information content (AvgIpc) is 2.76. The number of nitrogens with zero attached hydrogens (tertiary/aromatic N) is 1. The number of aromatic nitrogens is 1. The third kappa shape index (κ3) is 7.52. The second kappa shape index (κ2) is 10.8. The molecule has 2 amide bonds. The Balaban J connectivity index is 1.43. The maximum absolute atomic E-state index is 12.7. The van der Waals surface area contributed by atoms with Crippen LogP contribution in [0.5, 0.6) is 0 Å². The first kappa shape index (κ1) is 24.1. The van der Waals surface area contributed by atoms with E-state index in [0.717, 1.165) is 36.9 Å². The van der Waals surface area contributed by atoms with Crippen molar-refractivity contribution in [3.63, 3.8) is 0 Å². The van der Waals surface area contributed by atoms with Crippen molar-refractivity contribution in [2.24, 2.45) is 11.8 Å². The van der Waals surface area contributed by atoms with E-state index in [1.54, 1.807) is 18.3 Å². The summed E-state index contributed by atoms with van der Waals surface area (Å²) in [5, 5.41) is 6.57. The maximum Gasteiger partial charge on any atom is 0.407 e. The quantitative estimate of drug-likeness (QED) is 0.603. The smallest absolute Gasteiger partial charge is 0.407 e. The van der Waals surface area contributed by atoms with E-state index in [1.165, 1.54) is 0 Å². The van der Waals surface area contributed by atoms with Crippen molar-refractivity contribution < 1.29 is 14.3 Å². The topological polar surface area (TPSA) is 80.3 Å². The fourth-order valence-electron chi connectivity index (χ4n) is 3.90. The number of hydrogen-bond donors (Lipinski definition) is 2. The molecule has 2 aromatic rings. The number of carbonyl (C=O) groups is 2. The Morgan fingerprint density at radius 1 is 1.03 bits per heavy atom. The minimum absolute atomic E-state index is 0.0932. The monoisotopic (exact) mass is 457 g/mol. The van der Waals surface area contributed by atoms with E-state index in [1.807, 2.05) is 45.0 Å². The standard InChI is InChI=1S/C25H32ClN3O3/c1-25(2,3)32-24(31)29-16-18-9-7-17(8-10-18)15-28-23(30)20-11-12-27-22(14-20)19-5-4-6-21(26)13-19/h4-6,11-14,17-18H,7-10,15-16H2,1-3H3,(H,28,30)(H,29,31)/t17-,18-. The van der Waals surface area contributed by atoms with Crippen LogP contribution in [0, 0.1) is 11.8 Å². The summed E-state index contributed by atoms with van der Waals surface area (Å²) in [7, 11) is 0. The largest absolute Gasteiger partial charge is 0.444 e. The van der Waals surface area contributed by atoms with Crippen LogP contribution in [0.25, 0.3) is 11.3 Å². The zero-order chi connectivity index (χ0) is 23.1. The molecule has 0 unspecified atom stereocenters. The van der Waals surface area contributed by atoms with E-state index in [9.17, 15) is 9.59 Å². The van der Waals surface area contributed by atoms with Gasteiger partial charge in [-0.05, 0) is 82.6 Å². The van der Waals surface area contributed by atoms with E-state index in [0.29, 0.717) is 35.5 Å². The van der Waals surface area contributed by atoms with Crippen molar-refractivity contribution in [2.75, 3.05) is 13.1 Å². The Morgan fingerprint density at radius 2 is 1.69 bits per heavy atom. The molecule has 1 aliphatic carbocycles. The molecule has 7 heteroatoms. The SMILES string of the molecule is CC(C)(C)OC(=O)NC[C@H]1CC[C@H](CNC(=O)c2ccnc(-c3cccc(Cl)c3)c2)CC1. The third-order valence-electron chi connectivity index (χ3n) is 5.59. The number of carbonyl (C=O) groups excluding carboxylic acids is 2. The van der Waals surface area contributed by atoms with E-state index in [-0.39, 0.29) is 12.0 Å². The van der Waals surface area contributed by atoms with Gasteiger partial charge in [-0.25, -0.2) is 4.79 Å². The number of ether oxygens (including phenoxy) is 1. The van der Waals surface area contributed by atoms with Gasteiger partial charge in [-0.15, -0.1) is 0 Å². The Kier molecular flexibility index (Phi) is 8.13. The van der Waals surface area contributed by atoms with Crippen LogP contribution in [-0.2, 0) is 4.74 Å². The first-order chi connectivity index (χ1) is 15.2. The normalized spacial score (nSPS) is 18.6. The molecule has 1 heterocycles. The molecular formula is C25H32ClN3O3. The highest BCUT2D eigenvalue weighted by Gasteiger charge is 2.23. The van der Waals surface area contributed by atoms with Gasteiger partial charge in [0.2, 0.25) is 0 Å². The number of pyridine rings is 1. The van der Waals surface area contributed by atoms with Crippen molar-refractivity contribution in [2.45, 2.75) is 52.1 Å². The van der Waals surface area contributed by atoms with Crippen LogP contribution in [0.15, 0.2) is 42.6 Å². The molecule has 0 aliphatic heterocycles. The lowest BCUT2D eigenvalue weighted by Crippen LogP contribution is -2.37. The zero-order valence-corrected chi connectivity index (χ0v) is 19.7. The van der Waals surface area contributed by atoms with Gasteiger partial charge in [0.1, 0.15) is 5.60 Å². The minimum atomic E-state index is -0.482. The van der Waals surface area contributed by atoms with Gasteiger partial charge in [-0.1, -0.05) is 23.7 Å². The number of hydrogen-bond acceptors (Lipinski definition) is 4. The predicted molar refractivity (Wildman–Crippen MR) is 127 cm³/mol. The third-order valence-corrected chi connectivity index (χ3v) is 5.83. The molecule has 1 aromatic heterocycles. The van der Waals surface area contributed by atoms with Crippen molar-refractivity contribution in [1.29, 1.82) is 0 Å². The van der Waals surface area contributed by atoms with E-state index in [2.05, 4.69) is 15.6 Å². The van der Waals surface area contributed by atoms with Gasteiger partial charge >= 0.3 is 6.09 Å². The lowest BCUT2D eigenvalue weighted by Gasteiger charge is -2.29. The van der Waals surface area contributed by atoms with Crippen LogP contribution in [0.4, 0.5) is 4.79 Å². The highest BCUT2D eigenvalue weighted by atomic mass is 35.5. The Labute approximate surface area is 195 Å². The molecule has 1 saturated carbocycles. The van der Waals surface area contributed by atoms with Gasteiger partial charge in [0.15, 0.2) is 0 Å². The van der Waals surface area contributed by atoms with Gasteiger partial charge in [0, 0.05) is 35.4 Å². The zero-order valence-electron chi connectivity index (χ0n) is 19.0. The summed E-state index contributed by atoms with van der Waals surface area (Å²) in [5.41, 5.74) is 1.71. The Bertz CT molecular complexity index is 934. The Hall–Kier alpha value is -2.60. The van der Waals surface area contributed by atoms with Crippen LogP contribution >= 0.6 is 11.6 Å². The van der Waals surface area contributed by atoms with Gasteiger partial charge in [-0.3, -0.25) is 9.78 Å². The molecule has 0 radical (unpaired) electrons. The number of halogens is 1. The molecular weight excluding hydrogens is 426 g/mol. The lowest BCUT2D eigenvalue weighted by molar-refractivity contribution is 0.0512. The van der Waals surface area contributed by atoms with Crippen molar-refractivity contribution in [1.82, 2.24) is 15.6 Å². The highest BCUT2D eigenvalue weighted by molar-refractivity contribution is 6.30. The second-order valence-corrected chi connectivity index (χ2v) is 9.86. The summed E-state index contributed by atoms with van der Waals surface area (Å²) in [5.74, 6) is 0.810. The van der Waals surface area contributed by atoms with E-state index >= 15 is 0 Å². The van der Waals surface area contributed by atoms with Crippen molar-refractivity contribution in [3.8, 4) is 11.3 Å². The van der Waals surface area contributed by atoms with Gasteiger partial charge in [0.25, 0.3) is 5.91 Å². The van der Waals surface area contributed by atoms with Crippen LogP contribution in [0.2, 0.25) is 5.02 Å². The number of alkyl carbamates (subject to hydrolysis) is 1. The summed E-state index contributed by atoms with van der Waals surface area (Å²) in [4.78, 5) is 28.8. The molecule has 0 spiro atoms. The van der Waals surface area contributed by atoms with E-state index in [4.69, 9.17) is 16.3 Å². The van der Waals surface area contributed by atoms with E-state index < -0.39 is 5.60 Å². The molecule has 0 bridgehead atoms. The summed E-state index contributed by atoms with van der Waals surface area (Å²) >= 11 is 6.07. The average molecular weight is 458 g/mol. The Morgan fingerprint density at radius 3 is 2.31 bits per heavy atom. The maximum atomic E-state index is 12.7. The molecule has 0 atom stereocenters. The molecule has 1 aliphatic rings. The summed E-state index contributed by atoms with van der Waals surface area (Å²) in [6.07, 6.45) is 5.42. The van der Waals surface area contributed by atoms with Crippen LogP contribution in [0.1, 0.15) is 56.8 Å². The van der Waals surface area contributed by atoms with Gasteiger partial charge in [0.05, 0.1) is 5.69 Å². The summed E-state index contributed by atoms with van der Waals surface area (Å²) in [6, 6.07) is 11.0. The fraction of sp³-hybridized carbons (Fsp3) is 0.480. The first-order valence-corrected chi connectivity index (χ1v) is 11.5. The summed E-state index contributed by atoms with van der Waals surface area (Å²) < 4.78 is 5.29. The molecule has 2 N–H and O–H groups in total. The number of amides is 2. The van der Waals surface area contributed by atoms with Crippen LogP contribution < -0.4 is 10.6 Å². The minimum Gasteiger partial charge on any atom is -0.444 e. The lowest BCUT2D eigenvalue weighted by atomic mass is 9.82. The number of benzene rings is 1. The van der Waals surface area contributed by atoms with Crippen molar-refractivity contribution >= 4 is 23.6 Å². The van der Waals surface area contributed by atoms with Gasteiger partial charge in [-0.2, -0.15) is 0 Å².